The third-order valence-corrected chi connectivity index (χ3v) is 7.36. The van der Waals surface area contributed by atoms with Gasteiger partial charge >= 0.3 is 0 Å². The number of nitrogens with zero attached hydrogens (tertiary/aromatic N) is 1. The Morgan fingerprint density at radius 2 is 1.73 bits per heavy atom. The summed E-state index contributed by atoms with van der Waals surface area (Å²) in [6, 6.07) is 13.6. The molecule has 7 heteroatoms. The molecule has 1 aliphatic carbocycles. The lowest BCUT2D eigenvalue weighted by molar-refractivity contribution is -0.143. The number of nitrogens with two attached hydrogens (primary N) is 1. The number of amides is 2. The number of ether oxygens (including phenoxy) is 1. The first kappa shape index (κ1) is 23.6. The van der Waals surface area contributed by atoms with E-state index in [1.165, 1.54) is 6.07 Å². The summed E-state index contributed by atoms with van der Waals surface area (Å²) in [5.74, 6) is -0.164. The van der Waals surface area contributed by atoms with Crippen LogP contribution in [0.1, 0.15) is 50.5 Å². The Bertz CT molecular complexity index is 1010. The zero-order chi connectivity index (χ0) is 23.5. The van der Waals surface area contributed by atoms with E-state index in [1.54, 1.807) is 42.5 Å². The van der Waals surface area contributed by atoms with Crippen molar-refractivity contribution in [1.29, 1.82) is 0 Å². The highest BCUT2D eigenvalue weighted by atomic mass is 35.5. The van der Waals surface area contributed by atoms with Crippen molar-refractivity contribution in [2.24, 2.45) is 11.1 Å². The van der Waals surface area contributed by atoms with E-state index in [0.717, 1.165) is 25.7 Å². The average Bonchev–Trinajstić information content (AvgIpc) is 3.29. The number of rotatable bonds is 7. The van der Waals surface area contributed by atoms with Crippen LogP contribution >= 0.6 is 11.6 Å². The van der Waals surface area contributed by atoms with Crippen LogP contribution in [0, 0.1) is 11.2 Å². The molecule has 0 aromatic heterocycles. The van der Waals surface area contributed by atoms with Crippen molar-refractivity contribution in [3.63, 3.8) is 0 Å². The van der Waals surface area contributed by atoms with Gasteiger partial charge in [0.05, 0.1) is 12.0 Å². The van der Waals surface area contributed by atoms with Crippen molar-refractivity contribution in [1.82, 2.24) is 4.90 Å². The highest BCUT2D eigenvalue weighted by Gasteiger charge is 2.49. The molecule has 1 saturated heterocycles. The van der Waals surface area contributed by atoms with Crippen LogP contribution in [0.25, 0.3) is 0 Å². The van der Waals surface area contributed by atoms with Gasteiger partial charge in [0.1, 0.15) is 11.6 Å². The number of primary amides is 1. The lowest BCUT2D eigenvalue weighted by Gasteiger charge is -2.45. The molecule has 0 spiro atoms. The van der Waals surface area contributed by atoms with Gasteiger partial charge in [0, 0.05) is 35.5 Å². The predicted molar refractivity (Wildman–Crippen MR) is 126 cm³/mol. The zero-order valence-electron chi connectivity index (χ0n) is 18.7. The van der Waals surface area contributed by atoms with Gasteiger partial charge in [-0.2, -0.15) is 0 Å². The van der Waals surface area contributed by atoms with Crippen molar-refractivity contribution in [2.45, 2.75) is 50.4 Å². The number of hydrogen-bond donors (Lipinski definition) is 1. The van der Waals surface area contributed by atoms with E-state index in [2.05, 4.69) is 0 Å². The zero-order valence-corrected chi connectivity index (χ0v) is 19.5. The minimum absolute atomic E-state index is 0.0508. The van der Waals surface area contributed by atoms with Crippen LogP contribution in [-0.2, 0) is 15.0 Å². The number of benzene rings is 2. The van der Waals surface area contributed by atoms with Gasteiger partial charge in [-0.1, -0.05) is 42.6 Å². The van der Waals surface area contributed by atoms with Gasteiger partial charge in [-0.05, 0) is 56.0 Å². The van der Waals surface area contributed by atoms with E-state index in [0.29, 0.717) is 42.3 Å². The molecule has 0 radical (unpaired) electrons. The number of hydrogen-bond acceptors (Lipinski definition) is 3. The highest BCUT2D eigenvalue weighted by molar-refractivity contribution is 6.30. The third kappa shape index (κ3) is 5.01. The summed E-state index contributed by atoms with van der Waals surface area (Å²) in [4.78, 5) is 27.7. The molecule has 0 bridgehead atoms. The fourth-order valence-electron chi connectivity index (χ4n) is 5.56. The predicted octanol–water partition coefficient (Wildman–Crippen LogP) is 4.85. The van der Waals surface area contributed by atoms with E-state index in [9.17, 15) is 14.0 Å². The SMILES string of the molecule is NC(=O)C[C@]1(COc2ccc(Cl)cc2)CCCN(C(=O)C2(c3ccccc3F)CCCC2)C1. The maximum atomic E-state index is 14.8. The number of halogens is 2. The van der Waals surface area contributed by atoms with Crippen LogP contribution in [0.15, 0.2) is 48.5 Å². The molecule has 1 saturated carbocycles. The lowest BCUT2D eigenvalue weighted by Crippen LogP contribution is -2.55. The van der Waals surface area contributed by atoms with Gasteiger partial charge in [0.2, 0.25) is 11.8 Å². The van der Waals surface area contributed by atoms with Crippen molar-refractivity contribution in [2.75, 3.05) is 19.7 Å². The topological polar surface area (TPSA) is 72.6 Å². The summed E-state index contributed by atoms with van der Waals surface area (Å²) in [5, 5.41) is 0.610. The Kier molecular flexibility index (Phi) is 6.94. The molecule has 4 rings (SSSR count). The fraction of sp³-hybridized carbons (Fsp3) is 0.462. The largest absolute Gasteiger partial charge is 0.493 e. The van der Waals surface area contributed by atoms with E-state index < -0.39 is 16.7 Å². The molecule has 2 N–H and O–H groups in total. The van der Waals surface area contributed by atoms with Gasteiger partial charge in [-0.15, -0.1) is 0 Å². The van der Waals surface area contributed by atoms with Gasteiger partial charge in [0.25, 0.3) is 0 Å². The molecule has 2 aromatic rings. The first-order valence-corrected chi connectivity index (χ1v) is 11.9. The summed E-state index contributed by atoms with van der Waals surface area (Å²) in [6.45, 7) is 1.20. The van der Waals surface area contributed by atoms with E-state index in [4.69, 9.17) is 22.1 Å². The molecule has 2 aliphatic rings. The van der Waals surface area contributed by atoms with Gasteiger partial charge in [0.15, 0.2) is 0 Å². The van der Waals surface area contributed by atoms with Gasteiger partial charge < -0.3 is 15.4 Å². The van der Waals surface area contributed by atoms with Crippen LogP contribution in [0.2, 0.25) is 5.02 Å². The molecule has 1 heterocycles. The van der Waals surface area contributed by atoms with Crippen LogP contribution in [0.5, 0.6) is 5.75 Å². The minimum Gasteiger partial charge on any atom is -0.493 e. The molecule has 2 amide bonds. The molecule has 2 fully saturated rings. The maximum absolute atomic E-state index is 14.8. The second kappa shape index (κ2) is 9.72. The quantitative estimate of drug-likeness (QED) is 0.625. The first-order chi connectivity index (χ1) is 15.8. The average molecular weight is 473 g/mol. The van der Waals surface area contributed by atoms with E-state index in [1.807, 2.05) is 4.90 Å². The van der Waals surface area contributed by atoms with Crippen molar-refractivity contribution < 1.29 is 18.7 Å². The van der Waals surface area contributed by atoms with Crippen LogP contribution in [0.4, 0.5) is 4.39 Å². The Hall–Kier alpha value is -2.60. The van der Waals surface area contributed by atoms with Crippen LogP contribution in [-0.4, -0.2) is 36.4 Å². The molecule has 176 valence electrons. The maximum Gasteiger partial charge on any atom is 0.233 e. The van der Waals surface area contributed by atoms with Gasteiger partial charge in [-0.3, -0.25) is 9.59 Å². The molecular formula is C26H30ClFN2O3. The molecular weight excluding hydrogens is 443 g/mol. The summed E-state index contributed by atoms with van der Waals surface area (Å²) < 4.78 is 20.8. The normalized spacial score (nSPS) is 22.2. The monoisotopic (exact) mass is 472 g/mol. The summed E-state index contributed by atoms with van der Waals surface area (Å²) >= 11 is 5.96. The number of likely N-dealkylation sites (tertiary alicyclic amines) is 1. The molecule has 2 aromatic carbocycles. The third-order valence-electron chi connectivity index (χ3n) is 7.11. The Labute approximate surface area is 199 Å². The standard InChI is InChI=1S/C26H30ClFN2O3/c27-19-8-10-20(11-9-19)33-18-25(16-23(29)31)12-5-15-30(17-25)24(32)26(13-3-4-14-26)21-6-1-2-7-22(21)28/h1-2,6-11H,3-5,12-18H2,(H2,29,31)/t25-/m1/s1. The lowest BCUT2D eigenvalue weighted by atomic mass is 9.74. The Morgan fingerprint density at radius 1 is 1.03 bits per heavy atom. The number of carbonyl (C=O) groups excluding carboxylic acids is 2. The highest BCUT2D eigenvalue weighted by Crippen LogP contribution is 2.45. The second-order valence-corrected chi connectivity index (χ2v) is 9.92. The van der Waals surface area contributed by atoms with Crippen LogP contribution in [0.3, 0.4) is 0 Å². The smallest absolute Gasteiger partial charge is 0.233 e. The van der Waals surface area contributed by atoms with Gasteiger partial charge in [-0.25, -0.2) is 4.39 Å². The number of piperidine rings is 1. The molecule has 33 heavy (non-hydrogen) atoms. The molecule has 0 unspecified atom stereocenters. The van der Waals surface area contributed by atoms with Crippen molar-refractivity contribution in [3.8, 4) is 5.75 Å². The first-order valence-electron chi connectivity index (χ1n) is 11.5. The van der Waals surface area contributed by atoms with E-state index >= 15 is 0 Å². The summed E-state index contributed by atoms with van der Waals surface area (Å²) in [5.41, 5.74) is 4.66. The fourth-order valence-corrected chi connectivity index (χ4v) is 5.69. The molecule has 1 atom stereocenters. The Morgan fingerprint density at radius 3 is 2.39 bits per heavy atom. The van der Waals surface area contributed by atoms with E-state index in [-0.39, 0.29) is 24.8 Å². The van der Waals surface area contributed by atoms with Crippen molar-refractivity contribution >= 4 is 23.4 Å². The minimum atomic E-state index is -0.849. The summed E-state index contributed by atoms with van der Waals surface area (Å²) in [6.07, 6.45) is 4.62. The number of carbonyl (C=O) groups is 2. The second-order valence-electron chi connectivity index (χ2n) is 9.49. The van der Waals surface area contributed by atoms with Crippen molar-refractivity contribution in [3.05, 3.63) is 64.9 Å². The Balaban J connectivity index is 1.58. The molecule has 1 aliphatic heterocycles. The summed E-state index contributed by atoms with van der Waals surface area (Å²) in [7, 11) is 0. The molecule has 5 nitrogen and oxygen atoms in total. The van der Waals surface area contributed by atoms with Crippen LogP contribution < -0.4 is 10.5 Å².